The molecule has 0 spiro atoms. The highest BCUT2D eigenvalue weighted by molar-refractivity contribution is 7.99. The second kappa shape index (κ2) is 7.23. The third-order valence-corrected chi connectivity index (χ3v) is 4.10. The minimum atomic E-state index is -0.509. The van der Waals surface area contributed by atoms with Crippen LogP contribution in [0.25, 0.3) is 0 Å². The van der Waals surface area contributed by atoms with Crippen LogP contribution in [0, 0.1) is 17.0 Å². The molecule has 0 saturated heterocycles. The smallest absolute Gasteiger partial charge is 0.293 e. The molecule has 0 aliphatic heterocycles. The van der Waals surface area contributed by atoms with Crippen LogP contribution in [-0.4, -0.2) is 31.3 Å². The van der Waals surface area contributed by atoms with Crippen molar-refractivity contribution < 1.29 is 9.72 Å². The summed E-state index contributed by atoms with van der Waals surface area (Å²) >= 11 is 1.24. The largest absolute Gasteiger partial charge is 0.319 e. The van der Waals surface area contributed by atoms with Gasteiger partial charge in [-0.25, -0.2) is 0 Å². The molecule has 0 fully saturated rings. The molecule has 1 heterocycles. The summed E-state index contributed by atoms with van der Waals surface area (Å²) in [6.07, 6.45) is 1.61. The third-order valence-electron chi connectivity index (χ3n) is 3.14. The second-order valence-electron chi connectivity index (χ2n) is 5.18. The van der Waals surface area contributed by atoms with E-state index in [1.807, 2.05) is 18.4 Å². The van der Waals surface area contributed by atoms with Crippen LogP contribution in [0.5, 0.6) is 0 Å². The standard InChI is InChI=1S/C14H17N5O3S/c1-9(2)18-8-15-17-14(18)23-7-12(20)16-13-10(3)5-4-6-11(13)19(21)22/h4-6,8-9H,7H2,1-3H3,(H,16,20). The number of nitrogens with one attached hydrogen (secondary N) is 1. The quantitative estimate of drug-likeness (QED) is 0.494. The zero-order valence-corrected chi connectivity index (χ0v) is 13.8. The highest BCUT2D eigenvalue weighted by atomic mass is 32.2. The van der Waals surface area contributed by atoms with Crippen molar-refractivity contribution in [2.24, 2.45) is 0 Å². The number of carbonyl (C=O) groups is 1. The molecular weight excluding hydrogens is 318 g/mol. The number of aromatic nitrogens is 3. The van der Waals surface area contributed by atoms with Crippen molar-refractivity contribution >= 4 is 29.0 Å². The average molecular weight is 335 g/mol. The predicted octanol–water partition coefficient (Wildman–Crippen LogP) is 2.81. The highest BCUT2D eigenvalue weighted by Crippen LogP contribution is 2.28. The lowest BCUT2D eigenvalue weighted by molar-refractivity contribution is -0.384. The van der Waals surface area contributed by atoms with Gasteiger partial charge in [-0.05, 0) is 26.3 Å². The molecular formula is C14H17N5O3S. The number of nitro groups is 1. The van der Waals surface area contributed by atoms with Crippen molar-refractivity contribution in [3.05, 3.63) is 40.2 Å². The van der Waals surface area contributed by atoms with Gasteiger partial charge in [-0.1, -0.05) is 23.9 Å². The molecule has 1 amide bonds. The van der Waals surface area contributed by atoms with E-state index in [4.69, 9.17) is 0 Å². The zero-order valence-electron chi connectivity index (χ0n) is 13.0. The van der Waals surface area contributed by atoms with E-state index in [0.717, 1.165) is 0 Å². The molecule has 0 saturated carbocycles. The topological polar surface area (TPSA) is 103 Å². The summed E-state index contributed by atoms with van der Waals surface area (Å²) in [5.41, 5.74) is 0.755. The minimum Gasteiger partial charge on any atom is -0.319 e. The minimum absolute atomic E-state index is 0.0941. The summed E-state index contributed by atoms with van der Waals surface area (Å²) in [5, 5.41) is 22.1. The van der Waals surface area contributed by atoms with Crippen molar-refractivity contribution in [1.29, 1.82) is 0 Å². The van der Waals surface area contributed by atoms with E-state index in [2.05, 4.69) is 15.5 Å². The normalized spacial score (nSPS) is 10.8. The van der Waals surface area contributed by atoms with Crippen molar-refractivity contribution in [3.63, 3.8) is 0 Å². The van der Waals surface area contributed by atoms with Gasteiger partial charge in [-0.2, -0.15) is 0 Å². The molecule has 2 aromatic rings. The van der Waals surface area contributed by atoms with Gasteiger partial charge in [0.2, 0.25) is 5.91 Å². The number of benzene rings is 1. The van der Waals surface area contributed by atoms with Crippen LogP contribution in [0.3, 0.4) is 0 Å². The molecule has 23 heavy (non-hydrogen) atoms. The van der Waals surface area contributed by atoms with E-state index in [0.29, 0.717) is 10.7 Å². The molecule has 1 aromatic heterocycles. The van der Waals surface area contributed by atoms with Gasteiger partial charge in [0, 0.05) is 12.1 Å². The lowest BCUT2D eigenvalue weighted by Crippen LogP contribution is -2.16. The number of amides is 1. The molecule has 0 bridgehead atoms. The fourth-order valence-corrected chi connectivity index (χ4v) is 2.81. The van der Waals surface area contributed by atoms with Crippen LogP contribution < -0.4 is 5.32 Å². The number of anilines is 1. The Labute approximate surface area is 137 Å². The third kappa shape index (κ3) is 4.07. The van der Waals surface area contributed by atoms with Crippen LogP contribution in [0.2, 0.25) is 0 Å². The summed E-state index contributed by atoms with van der Waals surface area (Å²) in [6.45, 7) is 5.69. The number of thioether (sulfide) groups is 1. The number of carbonyl (C=O) groups excluding carboxylic acids is 1. The molecule has 0 aliphatic rings. The first-order chi connectivity index (χ1) is 10.9. The Balaban J connectivity index is 2.06. The van der Waals surface area contributed by atoms with E-state index in [1.54, 1.807) is 25.4 Å². The number of hydrogen-bond acceptors (Lipinski definition) is 6. The Hall–Kier alpha value is -2.42. The van der Waals surface area contributed by atoms with Gasteiger partial charge < -0.3 is 9.88 Å². The Bertz CT molecular complexity index is 729. The molecule has 0 unspecified atom stereocenters. The van der Waals surface area contributed by atoms with Gasteiger partial charge in [0.1, 0.15) is 12.0 Å². The molecule has 0 atom stereocenters. The Morgan fingerprint density at radius 2 is 2.22 bits per heavy atom. The summed E-state index contributed by atoms with van der Waals surface area (Å²) in [4.78, 5) is 22.6. The van der Waals surface area contributed by atoms with Crippen LogP contribution in [0.15, 0.2) is 29.7 Å². The average Bonchev–Trinajstić information content (AvgIpc) is 2.95. The van der Waals surface area contributed by atoms with Crippen molar-refractivity contribution in [2.45, 2.75) is 32.0 Å². The Morgan fingerprint density at radius 3 is 2.87 bits per heavy atom. The predicted molar refractivity (Wildman–Crippen MR) is 87.6 cm³/mol. The van der Waals surface area contributed by atoms with E-state index in [9.17, 15) is 14.9 Å². The molecule has 2 rings (SSSR count). The van der Waals surface area contributed by atoms with Crippen molar-refractivity contribution in [2.75, 3.05) is 11.1 Å². The van der Waals surface area contributed by atoms with Gasteiger partial charge in [0.25, 0.3) is 5.69 Å². The van der Waals surface area contributed by atoms with Crippen molar-refractivity contribution in [3.8, 4) is 0 Å². The molecule has 1 aromatic carbocycles. The fourth-order valence-electron chi connectivity index (χ4n) is 1.96. The maximum Gasteiger partial charge on any atom is 0.293 e. The molecule has 1 N–H and O–H groups in total. The number of rotatable bonds is 6. The second-order valence-corrected chi connectivity index (χ2v) is 6.12. The van der Waals surface area contributed by atoms with Crippen LogP contribution >= 0.6 is 11.8 Å². The van der Waals surface area contributed by atoms with Crippen LogP contribution in [0.4, 0.5) is 11.4 Å². The van der Waals surface area contributed by atoms with E-state index < -0.39 is 4.92 Å². The zero-order chi connectivity index (χ0) is 17.0. The maximum absolute atomic E-state index is 12.1. The first-order valence-electron chi connectivity index (χ1n) is 6.96. The monoisotopic (exact) mass is 335 g/mol. The molecule has 0 aliphatic carbocycles. The number of nitrogens with zero attached hydrogens (tertiary/aromatic N) is 4. The maximum atomic E-state index is 12.1. The number of aryl methyl sites for hydroxylation is 1. The molecule has 0 radical (unpaired) electrons. The van der Waals surface area contributed by atoms with Crippen LogP contribution in [-0.2, 0) is 4.79 Å². The summed E-state index contributed by atoms with van der Waals surface area (Å²) < 4.78 is 1.86. The molecule has 9 heteroatoms. The summed E-state index contributed by atoms with van der Waals surface area (Å²) in [6, 6.07) is 4.85. The van der Waals surface area contributed by atoms with E-state index in [1.165, 1.54) is 17.8 Å². The first-order valence-corrected chi connectivity index (χ1v) is 7.95. The number of nitro benzene ring substituents is 1. The Morgan fingerprint density at radius 1 is 1.48 bits per heavy atom. The highest BCUT2D eigenvalue weighted by Gasteiger charge is 2.18. The van der Waals surface area contributed by atoms with E-state index >= 15 is 0 Å². The SMILES string of the molecule is Cc1cccc([N+](=O)[O-])c1NC(=O)CSc1nncn1C(C)C. The first kappa shape index (κ1) is 16.9. The fraction of sp³-hybridized carbons (Fsp3) is 0.357. The van der Waals surface area contributed by atoms with Gasteiger partial charge in [0.15, 0.2) is 5.16 Å². The van der Waals surface area contributed by atoms with Gasteiger partial charge in [0.05, 0.1) is 10.7 Å². The summed E-state index contributed by atoms with van der Waals surface area (Å²) in [7, 11) is 0. The summed E-state index contributed by atoms with van der Waals surface area (Å²) in [5.74, 6) is -0.234. The number of hydrogen-bond donors (Lipinski definition) is 1. The Kier molecular flexibility index (Phi) is 5.32. The van der Waals surface area contributed by atoms with Gasteiger partial charge in [-0.3, -0.25) is 14.9 Å². The van der Waals surface area contributed by atoms with Gasteiger partial charge >= 0.3 is 0 Å². The number of para-hydroxylation sites is 1. The molecule has 122 valence electrons. The van der Waals surface area contributed by atoms with Crippen LogP contribution in [0.1, 0.15) is 25.5 Å². The lowest BCUT2D eigenvalue weighted by Gasteiger charge is -2.10. The lowest BCUT2D eigenvalue weighted by atomic mass is 10.1. The van der Waals surface area contributed by atoms with Crippen molar-refractivity contribution in [1.82, 2.24) is 14.8 Å². The van der Waals surface area contributed by atoms with Gasteiger partial charge in [-0.15, -0.1) is 10.2 Å². The van der Waals surface area contributed by atoms with E-state index in [-0.39, 0.29) is 29.1 Å². The molecule has 8 nitrogen and oxygen atoms in total.